The molecule has 3 aromatic rings. The fourth-order valence-corrected chi connectivity index (χ4v) is 3.15. The van der Waals surface area contributed by atoms with E-state index in [9.17, 15) is 22.4 Å². The molecule has 0 bridgehead atoms. The molecule has 0 aliphatic heterocycles. The quantitative estimate of drug-likeness (QED) is 0.620. The highest BCUT2D eigenvalue weighted by atomic mass is 19.4. The van der Waals surface area contributed by atoms with E-state index in [1.54, 1.807) is 32.9 Å². The van der Waals surface area contributed by atoms with Crippen LogP contribution in [0.3, 0.4) is 0 Å². The molecule has 9 heteroatoms. The number of benzene rings is 1. The number of aryl methyl sites for hydroxylation is 1. The Balaban J connectivity index is 1.76. The SMILES string of the molecule is Cc1nn(-c2ccc(C(F)(F)F)cn2)c(C)c1CC(=O)NC(C)c1cccc(F)c1. The van der Waals surface area contributed by atoms with E-state index in [2.05, 4.69) is 15.4 Å². The average Bonchev–Trinajstić information content (AvgIpc) is 2.95. The number of hydrogen-bond acceptors (Lipinski definition) is 3. The van der Waals surface area contributed by atoms with Crippen molar-refractivity contribution in [1.82, 2.24) is 20.1 Å². The molecule has 0 aliphatic rings. The highest BCUT2D eigenvalue weighted by Crippen LogP contribution is 2.29. The highest BCUT2D eigenvalue weighted by molar-refractivity contribution is 5.79. The Morgan fingerprint density at radius 2 is 1.93 bits per heavy atom. The van der Waals surface area contributed by atoms with Gasteiger partial charge in [0.05, 0.1) is 23.7 Å². The molecule has 3 rings (SSSR count). The minimum atomic E-state index is -4.47. The molecule has 0 fully saturated rings. The fourth-order valence-electron chi connectivity index (χ4n) is 3.15. The smallest absolute Gasteiger partial charge is 0.349 e. The lowest BCUT2D eigenvalue weighted by Crippen LogP contribution is -2.28. The van der Waals surface area contributed by atoms with E-state index < -0.39 is 11.7 Å². The molecular weight excluding hydrogens is 400 g/mol. The first kappa shape index (κ1) is 21.5. The lowest BCUT2D eigenvalue weighted by atomic mass is 10.1. The molecule has 0 saturated heterocycles. The van der Waals surface area contributed by atoms with E-state index >= 15 is 0 Å². The number of hydrogen-bond donors (Lipinski definition) is 1. The van der Waals surface area contributed by atoms with Crippen LogP contribution in [0.2, 0.25) is 0 Å². The number of halogens is 4. The van der Waals surface area contributed by atoms with Crippen LogP contribution in [0.4, 0.5) is 17.6 Å². The van der Waals surface area contributed by atoms with Gasteiger partial charge >= 0.3 is 6.18 Å². The molecule has 2 aromatic heterocycles. The zero-order valence-electron chi connectivity index (χ0n) is 16.6. The van der Waals surface area contributed by atoms with Gasteiger partial charge in [0.25, 0.3) is 0 Å². The Bertz CT molecular complexity index is 1060. The highest BCUT2D eigenvalue weighted by Gasteiger charge is 2.31. The first-order chi connectivity index (χ1) is 14.1. The molecule has 0 radical (unpaired) electrons. The number of rotatable bonds is 5. The molecule has 0 spiro atoms. The third kappa shape index (κ3) is 4.67. The van der Waals surface area contributed by atoms with E-state index in [4.69, 9.17) is 0 Å². The van der Waals surface area contributed by atoms with E-state index in [-0.39, 0.29) is 30.0 Å². The first-order valence-corrected chi connectivity index (χ1v) is 9.20. The summed E-state index contributed by atoms with van der Waals surface area (Å²) >= 11 is 0. The summed E-state index contributed by atoms with van der Waals surface area (Å²) in [5.41, 5.74) is 1.62. The van der Waals surface area contributed by atoms with Gasteiger partial charge in [-0.2, -0.15) is 18.3 Å². The molecule has 5 nitrogen and oxygen atoms in total. The number of alkyl halides is 3. The second-order valence-electron chi connectivity index (χ2n) is 6.98. The van der Waals surface area contributed by atoms with E-state index in [1.807, 2.05) is 0 Å². The Kier molecular flexibility index (Phi) is 5.91. The summed E-state index contributed by atoms with van der Waals surface area (Å²) in [5.74, 6) is -0.438. The Hall–Kier alpha value is -3.23. The van der Waals surface area contributed by atoms with Crippen LogP contribution < -0.4 is 5.32 Å². The van der Waals surface area contributed by atoms with Gasteiger partial charge in [-0.25, -0.2) is 14.1 Å². The van der Waals surface area contributed by atoms with Gasteiger partial charge in [-0.05, 0) is 50.6 Å². The minimum Gasteiger partial charge on any atom is -0.349 e. The van der Waals surface area contributed by atoms with Crippen molar-refractivity contribution in [2.75, 3.05) is 0 Å². The van der Waals surface area contributed by atoms with Crippen molar-refractivity contribution in [3.63, 3.8) is 0 Å². The minimum absolute atomic E-state index is 0.0258. The van der Waals surface area contributed by atoms with Crippen LogP contribution in [0.15, 0.2) is 42.6 Å². The summed E-state index contributed by atoms with van der Waals surface area (Å²) in [5, 5.41) is 7.13. The molecule has 1 N–H and O–H groups in total. The number of carbonyl (C=O) groups excluding carboxylic acids is 1. The Morgan fingerprint density at radius 3 is 2.53 bits per heavy atom. The fraction of sp³-hybridized carbons (Fsp3) is 0.286. The Labute approximate surface area is 170 Å². The molecule has 1 unspecified atom stereocenters. The first-order valence-electron chi connectivity index (χ1n) is 9.20. The maximum atomic E-state index is 13.4. The molecule has 30 heavy (non-hydrogen) atoms. The van der Waals surface area contributed by atoms with Crippen molar-refractivity contribution in [3.8, 4) is 5.82 Å². The molecule has 1 aromatic carbocycles. The van der Waals surface area contributed by atoms with Crippen LogP contribution >= 0.6 is 0 Å². The largest absolute Gasteiger partial charge is 0.417 e. The third-order valence-electron chi connectivity index (χ3n) is 4.80. The van der Waals surface area contributed by atoms with Gasteiger partial charge in [0.1, 0.15) is 5.82 Å². The van der Waals surface area contributed by atoms with Crippen molar-refractivity contribution in [1.29, 1.82) is 0 Å². The van der Waals surface area contributed by atoms with E-state index in [0.717, 1.165) is 12.3 Å². The number of amides is 1. The third-order valence-corrected chi connectivity index (χ3v) is 4.80. The van der Waals surface area contributed by atoms with Crippen molar-refractivity contribution in [2.24, 2.45) is 0 Å². The second-order valence-corrected chi connectivity index (χ2v) is 6.98. The van der Waals surface area contributed by atoms with Gasteiger partial charge in [0.15, 0.2) is 5.82 Å². The number of nitrogens with one attached hydrogen (secondary N) is 1. The molecule has 158 valence electrons. The predicted octanol–water partition coefficient (Wildman–Crippen LogP) is 4.46. The van der Waals surface area contributed by atoms with Crippen molar-refractivity contribution >= 4 is 5.91 Å². The van der Waals surface area contributed by atoms with Crippen LogP contribution in [0.25, 0.3) is 5.82 Å². The number of nitrogens with zero attached hydrogens (tertiary/aromatic N) is 3. The van der Waals surface area contributed by atoms with Crippen molar-refractivity contribution in [2.45, 2.75) is 39.4 Å². The predicted molar refractivity (Wildman–Crippen MR) is 102 cm³/mol. The molecule has 0 saturated carbocycles. The lowest BCUT2D eigenvalue weighted by Gasteiger charge is -2.14. The van der Waals surface area contributed by atoms with Crippen molar-refractivity contribution < 1.29 is 22.4 Å². The zero-order valence-corrected chi connectivity index (χ0v) is 16.6. The van der Waals surface area contributed by atoms with Gasteiger partial charge in [-0.15, -0.1) is 0 Å². The summed E-state index contributed by atoms with van der Waals surface area (Å²) in [6.45, 7) is 5.19. The topological polar surface area (TPSA) is 59.8 Å². The molecule has 1 amide bonds. The molecule has 2 heterocycles. The van der Waals surface area contributed by atoms with Crippen LogP contribution in [0.5, 0.6) is 0 Å². The van der Waals surface area contributed by atoms with Crippen LogP contribution in [0, 0.1) is 19.7 Å². The summed E-state index contributed by atoms with van der Waals surface area (Å²) in [6.07, 6.45) is -3.70. The van der Waals surface area contributed by atoms with Crippen LogP contribution in [-0.4, -0.2) is 20.7 Å². The monoisotopic (exact) mass is 420 g/mol. The lowest BCUT2D eigenvalue weighted by molar-refractivity contribution is -0.137. The van der Waals surface area contributed by atoms with Gasteiger partial charge in [-0.3, -0.25) is 4.79 Å². The van der Waals surface area contributed by atoms with Gasteiger partial charge < -0.3 is 5.32 Å². The standard InChI is InChI=1S/C21H20F4N4O/c1-12(15-5-4-6-17(22)9-15)27-20(30)10-18-13(2)28-29(14(18)3)19-8-7-16(11-26-19)21(23,24)25/h4-9,11-12H,10H2,1-3H3,(H,27,30). The summed E-state index contributed by atoms with van der Waals surface area (Å²) < 4.78 is 53.0. The summed E-state index contributed by atoms with van der Waals surface area (Å²) in [6, 6.07) is 7.76. The molecule has 1 atom stereocenters. The average molecular weight is 420 g/mol. The van der Waals surface area contributed by atoms with E-state index in [1.165, 1.54) is 22.9 Å². The molecule has 0 aliphatic carbocycles. The maximum Gasteiger partial charge on any atom is 0.417 e. The van der Waals surface area contributed by atoms with Gasteiger partial charge in [-0.1, -0.05) is 12.1 Å². The van der Waals surface area contributed by atoms with Gasteiger partial charge in [0, 0.05) is 17.5 Å². The normalized spacial score (nSPS) is 12.6. The van der Waals surface area contributed by atoms with Crippen LogP contribution in [-0.2, 0) is 17.4 Å². The number of carbonyl (C=O) groups is 1. The number of aromatic nitrogens is 3. The second kappa shape index (κ2) is 8.25. The summed E-state index contributed by atoms with van der Waals surface area (Å²) in [7, 11) is 0. The molecular formula is C21H20F4N4O. The zero-order chi connectivity index (χ0) is 22.1. The van der Waals surface area contributed by atoms with Crippen molar-refractivity contribution in [3.05, 3.63) is 76.5 Å². The van der Waals surface area contributed by atoms with Gasteiger partial charge in [0.2, 0.25) is 5.91 Å². The maximum absolute atomic E-state index is 13.4. The Morgan fingerprint density at radius 1 is 1.20 bits per heavy atom. The van der Waals surface area contributed by atoms with Crippen LogP contribution in [0.1, 0.15) is 41.0 Å². The summed E-state index contributed by atoms with van der Waals surface area (Å²) in [4.78, 5) is 16.4. The van der Waals surface area contributed by atoms with E-state index in [0.29, 0.717) is 22.5 Å². The number of pyridine rings is 1.